The monoisotopic (exact) mass is 443 g/mol. The second kappa shape index (κ2) is 8.80. The normalized spacial score (nSPS) is 15.9. The van der Waals surface area contributed by atoms with Crippen molar-refractivity contribution in [2.24, 2.45) is 5.92 Å². The quantitative estimate of drug-likeness (QED) is 0.620. The maximum absolute atomic E-state index is 14.0. The minimum Gasteiger partial charge on any atom is -0.347 e. The number of benzene rings is 2. The van der Waals surface area contributed by atoms with Gasteiger partial charge in [0, 0.05) is 48.3 Å². The lowest BCUT2D eigenvalue weighted by atomic mass is 9.97. The zero-order chi connectivity index (χ0) is 22.0. The molecule has 8 heteroatoms. The summed E-state index contributed by atoms with van der Waals surface area (Å²) in [6.45, 7) is 3.46. The molecule has 1 saturated heterocycles. The molecule has 0 atom stereocenters. The molecule has 31 heavy (non-hydrogen) atoms. The van der Waals surface area contributed by atoms with Crippen molar-refractivity contribution in [3.8, 4) is 0 Å². The zero-order valence-corrected chi connectivity index (χ0v) is 18.2. The lowest BCUT2D eigenvalue weighted by molar-refractivity contribution is -0.120. The number of hydrogen-bond acceptors (Lipinski definition) is 3. The number of halogens is 1. The number of nitrogens with zero attached hydrogens (tertiary/aromatic N) is 2. The summed E-state index contributed by atoms with van der Waals surface area (Å²) < 4.78 is 42.9. The fourth-order valence-electron chi connectivity index (χ4n) is 4.11. The second-order valence-electron chi connectivity index (χ2n) is 7.88. The summed E-state index contributed by atoms with van der Waals surface area (Å²) in [7, 11) is -3.90. The molecule has 6 nitrogen and oxygen atoms in total. The summed E-state index contributed by atoms with van der Waals surface area (Å²) >= 11 is 0. The number of hydrogen-bond donors (Lipinski definition) is 1. The van der Waals surface area contributed by atoms with Gasteiger partial charge in [-0.3, -0.25) is 4.79 Å². The lowest BCUT2D eigenvalue weighted by Gasteiger charge is -2.30. The Balaban J connectivity index is 1.39. The van der Waals surface area contributed by atoms with Gasteiger partial charge in [-0.1, -0.05) is 19.1 Å². The third-order valence-electron chi connectivity index (χ3n) is 5.78. The number of fused-ring (bicyclic) bond motifs is 1. The van der Waals surface area contributed by atoms with Gasteiger partial charge in [-0.25, -0.2) is 12.8 Å². The van der Waals surface area contributed by atoms with Crippen molar-refractivity contribution < 1.29 is 17.6 Å². The molecule has 1 amide bonds. The predicted octanol–water partition coefficient (Wildman–Crippen LogP) is 4.23. The number of aryl methyl sites for hydroxylation is 1. The van der Waals surface area contributed by atoms with Crippen LogP contribution in [0.1, 0.15) is 26.2 Å². The van der Waals surface area contributed by atoms with E-state index in [1.54, 1.807) is 0 Å². The highest BCUT2D eigenvalue weighted by Gasteiger charge is 2.33. The Morgan fingerprint density at radius 1 is 1.13 bits per heavy atom. The first-order valence-electron chi connectivity index (χ1n) is 10.5. The number of rotatable bonds is 6. The molecule has 0 spiro atoms. The molecule has 0 saturated carbocycles. The number of carbonyl (C=O) groups is 1. The molecule has 4 rings (SSSR count). The van der Waals surface area contributed by atoms with E-state index >= 15 is 0 Å². The van der Waals surface area contributed by atoms with Gasteiger partial charge in [-0.2, -0.15) is 4.31 Å². The molecule has 1 aliphatic heterocycles. The molecule has 164 valence electrons. The Morgan fingerprint density at radius 3 is 2.58 bits per heavy atom. The fraction of sp³-hybridized carbons (Fsp3) is 0.348. The first-order chi connectivity index (χ1) is 14.9. The number of carbonyl (C=O) groups excluding carboxylic acids is 1. The van der Waals surface area contributed by atoms with Crippen molar-refractivity contribution >= 4 is 32.5 Å². The van der Waals surface area contributed by atoms with Crippen LogP contribution in [0.5, 0.6) is 0 Å². The van der Waals surface area contributed by atoms with E-state index in [0.29, 0.717) is 12.8 Å². The van der Waals surface area contributed by atoms with E-state index in [4.69, 9.17) is 0 Å². The van der Waals surface area contributed by atoms with Crippen LogP contribution in [0.2, 0.25) is 0 Å². The Bertz CT molecular complexity index is 1200. The number of sulfonamides is 1. The van der Waals surface area contributed by atoms with Crippen LogP contribution in [0.25, 0.3) is 10.9 Å². The molecule has 2 heterocycles. The van der Waals surface area contributed by atoms with Crippen molar-refractivity contribution in [3.63, 3.8) is 0 Å². The maximum Gasteiger partial charge on any atom is 0.245 e. The first kappa shape index (κ1) is 21.5. The van der Waals surface area contributed by atoms with Crippen LogP contribution in [-0.2, 0) is 21.4 Å². The van der Waals surface area contributed by atoms with Crippen molar-refractivity contribution in [1.82, 2.24) is 8.87 Å². The standard InChI is InChI=1S/C23H26FN3O3S/c1-2-12-26-13-9-18-16-19(7-8-21(18)26)25-23(28)17-10-14-27(15-11-17)31(29,30)22-6-4-3-5-20(22)24/h3-9,13,16-17H,2,10-12,14-15H2,1H3,(H,25,28). The topological polar surface area (TPSA) is 71.4 Å². The van der Waals surface area contributed by atoms with Crippen molar-refractivity contribution in [3.05, 3.63) is 60.5 Å². The minimum absolute atomic E-state index is 0.115. The van der Waals surface area contributed by atoms with Crippen molar-refractivity contribution in [1.29, 1.82) is 0 Å². The second-order valence-corrected chi connectivity index (χ2v) is 9.79. The van der Waals surface area contributed by atoms with Gasteiger partial charge >= 0.3 is 0 Å². The van der Waals surface area contributed by atoms with E-state index in [9.17, 15) is 17.6 Å². The highest BCUT2D eigenvalue weighted by molar-refractivity contribution is 7.89. The molecule has 0 unspecified atom stereocenters. The van der Waals surface area contributed by atoms with Crippen LogP contribution in [-0.4, -0.2) is 36.3 Å². The predicted molar refractivity (Wildman–Crippen MR) is 119 cm³/mol. The van der Waals surface area contributed by atoms with Crippen LogP contribution < -0.4 is 5.32 Å². The molecule has 0 aliphatic carbocycles. The summed E-state index contributed by atoms with van der Waals surface area (Å²) in [4.78, 5) is 12.4. The molecule has 1 fully saturated rings. The lowest BCUT2D eigenvalue weighted by Crippen LogP contribution is -2.41. The number of aromatic nitrogens is 1. The third-order valence-corrected chi connectivity index (χ3v) is 7.71. The van der Waals surface area contributed by atoms with Gasteiger partial charge < -0.3 is 9.88 Å². The Hall–Kier alpha value is -2.71. The van der Waals surface area contributed by atoms with Gasteiger partial charge in [-0.05, 0) is 55.7 Å². The van der Waals surface area contributed by atoms with Gasteiger partial charge in [0.05, 0.1) is 0 Å². The largest absolute Gasteiger partial charge is 0.347 e. The van der Waals surface area contributed by atoms with E-state index in [2.05, 4.69) is 16.8 Å². The minimum atomic E-state index is -3.90. The van der Waals surface area contributed by atoms with Gasteiger partial charge in [-0.15, -0.1) is 0 Å². The molecule has 1 aromatic heterocycles. The number of piperidine rings is 1. The molecule has 0 bridgehead atoms. The SMILES string of the molecule is CCCn1ccc2cc(NC(=O)C3CCN(S(=O)(=O)c4ccccc4F)CC3)ccc21. The molecular weight excluding hydrogens is 417 g/mol. The third kappa shape index (κ3) is 4.36. The molecule has 1 N–H and O–H groups in total. The van der Waals surface area contributed by atoms with Crippen LogP contribution in [0, 0.1) is 11.7 Å². The van der Waals surface area contributed by atoms with Crippen LogP contribution in [0.3, 0.4) is 0 Å². The van der Waals surface area contributed by atoms with Crippen LogP contribution >= 0.6 is 0 Å². The highest BCUT2D eigenvalue weighted by Crippen LogP contribution is 2.27. The average Bonchev–Trinajstić information content (AvgIpc) is 3.16. The smallest absolute Gasteiger partial charge is 0.245 e. The number of amides is 1. The highest BCUT2D eigenvalue weighted by atomic mass is 32.2. The molecule has 0 radical (unpaired) electrons. The van der Waals surface area contributed by atoms with E-state index in [-0.39, 0.29) is 29.8 Å². The van der Waals surface area contributed by atoms with Crippen molar-refractivity contribution in [2.75, 3.05) is 18.4 Å². The first-order valence-corrected chi connectivity index (χ1v) is 12.0. The van der Waals surface area contributed by atoms with Gasteiger partial charge in [0.15, 0.2) is 0 Å². The molecule has 1 aliphatic rings. The number of nitrogens with one attached hydrogen (secondary N) is 1. The Morgan fingerprint density at radius 2 is 1.87 bits per heavy atom. The summed E-state index contributed by atoms with van der Waals surface area (Å²) in [5, 5.41) is 4.03. The zero-order valence-electron chi connectivity index (χ0n) is 17.4. The fourth-order valence-corrected chi connectivity index (χ4v) is 5.64. The van der Waals surface area contributed by atoms with Gasteiger partial charge in [0.25, 0.3) is 0 Å². The van der Waals surface area contributed by atoms with Gasteiger partial charge in [0.2, 0.25) is 15.9 Å². The van der Waals surface area contributed by atoms with E-state index < -0.39 is 15.8 Å². The summed E-state index contributed by atoms with van der Waals surface area (Å²) in [5.74, 6) is -1.16. The summed E-state index contributed by atoms with van der Waals surface area (Å²) in [6, 6.07) is 13.3. The average molecular weight is 444 g/mol. The van der Waals surface area contributed by atoms with E-state index in [1.807, 2.05) is 30.5 Å². The van der Waals surface area contributed by atoms with Gasteiger partial charge in [0.1, 0.15) is 10.7 Å². The summed E-state index contributed by atoms with van der Waals surface area (Å²) in [5.41, 5.74) is 1.86. The number of anilines is 1. The Labute approximate surface area is 181 Å². The molecule has 3 aromatic rings. The van der Waals surface area contributed by atoms with Crippen LogP contribution in [0.4, 0.5) is 10.1 Å². The molecule has 2 aromatic carbocycles. The molecular formula is C23H26FN3O3S. The van der Waals surface area contributed by atoms with E-state index in [0.717, 1.165) is 35.6 Å². The maximum atomic E-state index is 14.0. The summed E-state index contributed by atoms with van der Waals surface area (Å²) in [6.07, 6.45) is 3.89. The van der Waals surface area contributed by atoms with E-state index in [1.165, 1.54) is 22.5 Å². The van der Waals surface area contributed by atoms with Crippen LogP contribution in [0.15, 0.2) is 59.6 Å². The Kier molecular flexibility index (Phi) is 6.11. The van der Waals surface area contributed by atoms with Crippen molar-refractivity contribution in [2.45, 2.75) is 37.6 Å².